The average molecular weight is 353 g/mol. The molecule has 1 amide bonds. The van der Waals surface area contributed by atoms with Crippen molar-refractivity contribution in [1.29, 1.82) is 0 Å². The molecule has 0 fully saturated rings. The first kappa shape index (κ1) is 16.0. The van der Waals surface area contributed by atoms with Gasteiger partial charge in [0.25, 0.3) is 5.91 Å². The van der Waals surface area contributed by atoms with Crippen molar-refractivity contribution in [2.24, 2.45) is 0 Å². The van der Waals surface area contributed by atoms with E-state index >= 15 is 0 Å². The van der Waals surface area contributed by atoms with E-state index in [0.717, 1.165) is 35.5 Å². The zero-order chi connectivity index (χ0) is 17.1. The van der Waals surface area contributed by atoms with E-state index in [2.05, 4.69) is 32.8 Å². The van der Waals surface area contributed by atoms with Crippen LogP contribution in [-0.2, 0) is 26.1 Å². The maximum Gasteiger partial charge on any atom is 0.261 e. The van der Waals surface area contributed by atoms with Gasteiger partial charge in [-0.15, -0.1) is 11.3 Å². The lowest BCUT2D eigenvalue weighted by molar-refractivity contribution is 0.0955. The first-order valence-corrected chi connectivity index (χ1v) is 9.10. The summed E-state index contributed by atoms with van der Waals surface area (Å²) in [5.41, 5.74) is 3.50. The molecular formula is C18H19N5OS. The van der Waals surface area contributed by atoms with Crippen LogP contribution in [0, 0.1) is 0 Å². The Morgan fingerprint density at radius 3 is 2.88 bits per heavy atom. The molecule has 3 aromatic rings. The minimum Gasteiger partial charge on any atom is -0.347 e. The normalized spacial score (nSPS) is 13.4. The fraction of sp³-hybridized carbons (Fsp3) is 0.278. The SMILES string of the molecule is O=C(NCc1ccc(Cn2cncn2)cc1)c1cc2c(s1)CCNC2. The number of hydrogen-bond donors (Lipinski definition) is 2. The lowest BCUT2D eigenvalue weighted by Gasteiger charge is -2.10. The standard InChI is InChI=1S/C18H19N5OS/c24-18(17-7-15-9-19-6-5-16(15)25-17)21-8-13-1-3-14(4-2-13)10-23-12-20-11-22-23/h1-4,7,11-12,19H,5-6,8-10H2,(H,21,24). The summed E-state index contributed by atoms with van der Waals surface area (Å²) in [7, 11) is 0. The number of rotatable bonds is 5. The van der Waals surface area contributed by atoms with E-state index in [1.165, 1.54) is 16.8 Å². The van der Waals surface area contributed by atoms with Crippen LogP contribution in [0.3, 0.4) is 0 Å². The quantitative estimate of drug-likeness (QED) is 0.736. The molecular weight excluding hydrogens is 334 g/mol. The van der Waals surface area contributed by atoms with Crippen molar-refractivity contribution in [3.05, 3.63) is 69.4 Å². The number of carbonyl (C=O) groups is 1. The highest BCUT2D eigenvalue weighted by Crippen LogP contribution is 2.25. The van der Waals surface area contributed by atoms with Crippen LogP contribution in [0.25, 0.3) is 0 Å². The molecule has 1 aliphatic heterocycles. The number of nitrogens with zero attached hydrogens (tertiary/aromatic N) is 3. The van der Waals surface area contributed by atoms with Gasteiger partial charge in [-0.1, -0.05) is 24.3 Å². The van der Waals surface area contributed by atoms with Gasteiger partial charge in [0, 0.05) is 24.5 Å². The molecule has 3 heterocycles. The van der Waals surface area contributed by atoms with Crippen LogP contribution in [0.4, 0.5) is 0 Å². The van der Waals surface area contributed by atoms with Gasteiger partial charge in [-0.25, -0.2) is 9.67 Å². The van der Waals surface area contributed by atoms with Gasteiger partial charge in [-0.05, 0) is 29.2 Å². The second kappa shape index (κ2) is 7.16. The van der Waals surface area contributed by atoms with Crippen molar-refractivity contribution < 1.29 is 4.79 Å². The highest BCUT2D eigenvalue weighted by molar-refractivity contribution is 7.14. The predicted molar refractivity (Wildman–Crippen MR) is 96.5 cm³/mol. The fourth-order valence-corrected chi connectivity index (χ4v) is 4.00. The molecule has 1 aliphatic rings. The zero-order valence-electron chi connectivity index (χ0n) is 13.7. The van der Waals surface area contributed by atoms with Gasteiger partial charge in [0.1, 0.15) is 12.7 Å². The molecule has 0 saturated heterocycles. The van der Waals surface area contributed by atoms with E-state index in [4.69, 9.17) is 0 Å². The zero-order valence-corrected chi connectivity index (χ0v) is 14.6. The van der Waals surface area contributed by atoms with Crippen LogP contribution in [0.2, 0.25) is 0 Å². The number of aromatic nitrogens is 3. The molecule has 0 atom stereocenters. The molecule has 0 unspecified atom stereocenters. The van der Waals surface area contributed by atoms with Crippen LogP contribution in [0.5, 0.6) is 0 Å². The van der Waals surface area contributed by atoms with E-state index < -0.39 is 0 Å². The first-order chi connectivity index (χ1) is 12.3. The molecule has 0 radical (unpaired) electrons. The summed E-state index contributed by atoms with van der Waals surface area (Å²) in [4.78, 5) is 18.5. The molecule has 0 saturated carbocycles. The van der Waals surface area contributed by atoms with Crippen LogP contribution in [-0.4, -0.2) is 27.2 Å². The molecule has 0 bridgehead atoms. The molecule has 4 rings (SSSR count). The molecule has 6 nitrogen and oxygen atoms in total. The Balaban J connectivity index is 1.34. The predicted octanol–water partition coefficient (Wildman–Crippen LogP) is 1.96. The molecule has 1 aromatic carbocycles. The van der Waals surface area contributed by atoms with Crippen molar-refractivity contribution in [3.8, 4) is 0 Å². The summed E-state index contributed by atoms with van der Waals surface area (Å²) in [6, 6.07) is 10.2. The second-order valence-corrected chi connectivity index (χ2v) is 7.21. The Hall–Kier alpha value is -2.51. The monoisotopic (exact) mass is 353 g/mol. The molecule has 128 valence electrons. The van der Waals surface area contributed by atoms with Gasteiger partial charge in [0.15, 0.2) is 0 Å². The Kier molecular flexibility index (Phi) is 4.58. The summed E-state index contributed by atoms with van der Waals surface area (Å²) in [6.07, 6.45) is 4.24. The van der Waals surface area contributed by atoms with Gasteiger partial charge in [0.05, 0.1) is 11.4 Å². The second-order valence-electron chi connectivity index (χ2n) is 6.08. The number of nitrogens with one attached hydrogen (secondary N) is 2. The van der Waals surface area contributed by atoms with Crippen LogP contribution in [0.15, 0.2) is 43.0 Å². The molecule has 2 N–H and O–H groups in total. The highest BCUT2D eigenvalue weighted by Gasteiger charge is 2.16. The maximum absolute atomic E-state index is 12.4. The van der Waals surface area contributed by atoms with Crippen LogP contribution in [0.1, 0.15) is 31.2 Å². The lowest BCUT2D eigenvalue weighted by atomic mass is 10.1. The van der Waals surface area contributed by atoms with E-state index in [1.54, 1.807) is 22.3 Å². The lowest BCUT2D eigenvalue weighted by Crippen LogP contribution is -2.22. The van der Waals surface area contributed by atoms with Gasteiger partial charge in [-0.3, -0.25) is 4.79 Å². The third-order valence-corrected chi connectivity index (χ3v) is 5.49. The van der Waals surface area contributed by atoms with E-state index in [0.29, 0.717) is 13.1 Å². The Bertz CT molecular complexity index is 831. The first-order valence-electron chi connectivity index (χ1n) is 8.28. The van der Waals surface area contributed by atoms with E-state index in [-0.39, 0.29) is 5.91 Å². The average Bonchev–Trinajstić information content (AvgIpc) is 3.30. The van der Waals surface area contributed by atoms with Crippen molar-refractivity contribution in [2.45, 2.75) is 26.1 Å². The van der Waals surface area contributed by atoms with Crippen molar-refractivity contribution in [2.75, 3.05) is 6.54 Å². The van der Waals surface area contributed by atoms with Gasteiger partial charge < -0.3 is 10.6 Å². The molecule has 0 spiro atoms. The van der Waals surface area contributed by atoms with Crippen molar-refractivity contribution in [1.82, 2.24) is 25.4 Å². The summed E-state index contributed by atoms with van der Waals surface area (Å²) < 4.78 is 1.78. The summed E-state index contributed by atoms with van der Waals surface area (Å²) in [5.74, 6) is 0.00564. The Labute approximate surface area is 149 Å². The number of hydrogen-bond acceptors (Lipinski definition) is 5. The Morgan fingerprint density at radius 1 is 1.28 bits per heavy atom. The largest absolute Gasteiger partial charge is 0.347 e. The number of amides is 1. The minimum absolute atomic E-state index is 0.00564. The Morgan fingerprint density at radius 2 is 2.12 bits per heavy atom. The summed E-state index contributed by atoms with van der Waals surface area (Å²) >= 11 is 1.62. The summed E-state index contributed by atoms with van der Waals surface area (Å²) in [6.45, 7) is 3.09. The fourth-order valence-electron chi connectivity index (χ4n) is 2.90. The highest BCUT2D eigenvalue weighted by atomic mass is 32.1. The molecule has 2 aromatic heterocycles. The topological polar surface area (TPSA) is 71.8 Å². The smallest absolute Gasteiger partial charge is 0.261 e. The summed E-state index contributed by atoms with van der Waals surface area (Å²) in [5, 5.41) is 10.4. The number of fused-ring (bicyclic) bond motifs is 1. The van der Waals surface area contributed by atoms with Crippen LogP contribution >= 0.6 is 11.3 Å². The van der Waals surface area contributed by atoms with E-state index in [9.17, 15) is 4.79 Å². The molecule has 7 heteroatoms. The van der Waals surface area contributed by atoms with E-state index in [1.807, 2.05) is 18.2 Å². The molecule has 0 aliphatic carbocycles. The number of benzene rings is 1. The maximum atomic E-state index is 12.4. The minimum atomic E-state index is 0.00564. The van der Waals surface area contributed by atoms with Gasteiger partial charge >= 0.3 is 0 Å². The third-order valence-electron chi connectivity index (χ3n) is 4.25. The van der Waals surface area contributed by atoms with Gasteiger partial charge in [0.2, 0.25) is 0 Å². The molecule has 25 heavy (non-hydrogen) atoms. The number of carbonyl (C=O) groups excluding carboxylic acids is 1. The van der Waals surface area contributed by atoms with Crippen LogP contribution < -0.4 is 10.6 Å². The van der Waals surface area contributed by atoms with Crippen molar-refractivity contribution in [3.63, 3.8) is 0 Å². The third kappa shape index (κ3) is 3.78. The van der Waals surface area contributed by atoms with Crippen molar-refractivity contribution >= 4 is 17.2 Å². The van der Waals surface area contributed by atoms with Gasteiger partial charge in [-0.2, -0.15) is 5.10 Å². The number of thiophene rings is 1.